The molecule has 1 unspecified atom stereocenters. The molecule has 1 atom stereocenters. The van der Waals surface area contributed by atoms with Gasteiger partial charge in [-0.1, -0.05) is 31.2 Å². The molecule has 0 aliphatic carbocycles. The molecular weight excluding hydrogens is 365 g/mol. The van der Waals surface area contributed by atoms with Gasteiger partial charge in [-0.05, 0) is 17.5 Å². The first-order chi connectivity index (χ1) is 11.9. The topological polar surface area (TPSA) is 33.1 Å². The van der Waals surface area contributed by atoms with Gasteiger partial charge in [0.15, 0.2) is 0 Å². The predicted molar refractivity (Wildman–Crippen MR) is 97.3 cm³/mol. The summed E-state index contributed by atoms with van der Waals surface area (Å²) in [4.78, 5) is 2.10. The molecule has 1 fully saturated rings. The first kappa shape index (κ1) is 20.7. The summed E-state index contributed by atoms with van der Waals surface area (Å²) in [5.41, 5.74) is 1.95. The van der Waals surface area contributed by atoms with Crippen molar-refractivity contribution < 1.29 is 13.2 Å². The van der Waals surface area contributed by atoms with Crippen molar-refractivity contribution in [2.75, 3.05) is 19.6 Å². The number of hydrogen-bond donors (Lipinski definition) is 1. The minimum Gasteiger partial charge on any atom is -0.314 e. The maximum Gasteiger partial charge on any atom is 0.433 e. The average molecular weight is 389 g/mol. The summed E-state index contributed by atoms with van der Waals surface area (Å²) >= 11 is 0. The van der Waals surface area contributed by atoms with Crippen LogP contribution in [0.2, 0.25) is 0 Å². The molecule has 2 heterocycles. The van der Waals surface area contributed by atoms with E-state index in [0.29, 0.717) is 6.54 Å². The zero-order valence-electron chi connectivity index (χ0n) is 14.9. The van der Waals surface area contributed by atoms with E-state index in [0.717, 1.165) is 29.8 Å². The van der Waals surface area contributed by atoms with Crippen LogP contribution in [0.4, 0.5) is 13.2 Å². The van der Waals surface area contributed by atoms with Gasteiger partial charge in [0.1, 0.15) is 5.69 Å². The molecule has 0 bridgehead atoms. The molecule has 8 heteroatoms. The van der Waals surface area contributed by atoms with Gasteiger partial charge in [-0.2, -0.15) is 18.3 Å². The van der Waals surface area contributed by atoms with Crippen LogP contribution in [0, 0.1) is 0 Å². The monoisotopic (exact) mass is 388 g/mol. The number of aryl methyl sites for hydroxylation is 2. The van der Waals surface area contributed by atoms with Crippen LogP contribution in [0.5, 0.6) is 0 Å². The minimum absolute atomic E-state index is 0. The van der Waals surface area contributed by atoms with Crippen LogP contribution in [0.3, 0.4) is 0 Å². The molecule has 4 nitrogen and oxygen atoms in total. The van der Waals surface area contributed by atoms with Crippen LogP contribution < -0.4 is 5.32 Å². The molecule has 0 saturated carbocycles. The van der Waals surface area contributed by atoms with Crippen LogP contribution >= 0.6 is 12.4 Å². The predicted octanol–water partition coefficient (Wildman–Crippen LogP) is 3.57. The van der Waals surface area contributed by atoms with Crippen molar-refractivity contribution in [2.45, 2.75) is 32.1 Å². The number of nitrogens with zero attached hydrogens (tertiary/aromatic N) is 3. The lowest BCUT2D eigenvalue weighted by molar-refractivity contribution is -0.144. The molecule has 0 spiro atoms. The standard InChI is InChI=1S/C18H23F3N4.ClH/c1-3-13-4-6-14(7-5-13)16-11-22-8-9-25(16)12-15-10-23-24(2)17(15)18(19,20)21;/h4-7,10,16,22H,3,8-9,11-12H2,1-2H3;1H. The molecular formula is C18H24ClF3N4. The fourth-order valence-corrected chi connectivity index (χ4v) is 3.42. The summed E-state index contributed by atoms with van der Waals surface area (Å²) < 4.78 is 40.8. The van der Waals surface area contributed by atoms with Crippen LogP contribution in [0.1, 0.15) is 35.3 Å². The van der Waals surface area contributed by atoms with Gasteiger partial charge in [-0.3, -0.25) is 9.58 Å². The molecule has 1 aromatic carbocycles. The van der Waals surface area contributed by atoms with E-state index in [2.05, 4.69) is 46.5 Å². The van der Waals surface area contributed by atoms with Gasteiger partial charge < -0.3 is 5.32 Å². The normalized spacial score (nSPS) is 18.6. The third-order valence-corrected chi connectivity index (χ3v) is 4.78. The Morgan fingerprint density at radius 1 is 1.23 bits per heavy atom. The Morgan fingerprint density at radius 2 is 1.92 bits per heavy atom. The summed E-state index contributed by atoms with van der Waals surface area (Å²) in [5, 5.41) is 7.17. The lowest BCUT2D eigenvalue weighted by Gasteiger charge is -2.36. The highest BCUT2D eigenvalue weighted by Crippen LogP contribution is 2.33. The molecule has 1 aliphatic heterocycles. The first-order valence-electron chi connectivity index (χ1n) is 8.51. The van der Waals surface area contributed by atoms with E-state index in [1.807, 2.05) is 0 Å². The van der Waals surface area contributed by atoms with Gasteiger partial charge in [0, 0.05) is 44.8 Å². The van der Waals surface area contributed by atoms with Gasteiger partial charge in [-0.25, -0.2) is 0 Å². The quantitative estimate of drug-likeness (QED) is 0.869. The second-order valence-corrected chi connectivity index (χ2v) is 6.43. The van der Waals surface area contributed by atoms with E-state index in [9.17, 15) is 13.2 Å². The smallest absolute Gasteiger partial charge is 0.314 e. The minimum atomic E-state index is -4.40. The Balaban J connectivity index is 0.00000243. The van der Waals surface area contributed by atoms with Crippen molar-refractivity contribution in [3.8, 4) is 0 Å². The molecule has 0 amide bonds. The lowest BCUT2D eigenvalue weighted by Crippen LogP contribution is -2.45. The van der Waals surface area contributed by atoms with Crippen molar-refractivity contribution in [1.82, 2.24) is 20.0 Å². The Kier molecular flexibility index (Phi) is 6.71. The van der Waals surface area contributed by atoms with Crippen LogP contribution in [0.15, 0.2) is 30.5 Å². The molecule has 2 aromatic rings. The van der Waals surface area contributed by atoms with Crippen LogP contribution in [0.25, 0.3) is 0 Å². The third kappa shape index (κ3) is 4.39. The molecule has 1 saturated heterocycles. The Hall–Kier alpha value is -1.57. The Morgan fingerprint density at radius 3 is 2.54 bits per heavy atom. The van der Waals surface area contributed by atoms with E-state index < -0.39 is 11.9 Å². The second-order valence-electron chi connectivity index (χ2n) is 6.43. The maximum absolute atomic E-state index is 13.3. The largest absolute Gasteiger partial charge is 0.433 e. The molecule has 1 aromatic heterocycles. The number of hydrogen-bond acceptors (Lipinski definition) is 3. The maximum atomic E-state index is 13.3. The van der Waals surface area contributed by atoms with E-state index >= 15 is 0 Å². The van der Waals surface area contributed by atoms with Gasteiger partial charge in [0.05, 0.1) is 6.20 Å². The fraction of sp³-hybridized carbons (Fsp3) is 0.500. The van der Waals surface area contributed by atoms with E-state index in [1.54, 1.807) is 0 Å². The van der Waals surface area contributed by atoms with Crippen molar-refractivity contribution in [2.24, 2.45) is 7.05 Å². The summed E-state index contributed by atoms with van der Waals surface area (Å²) in [6.45, 7) is 4.54. The first-order valence-corrected chi connectivity index (χ1v) is 8.51. The molecule has 3 rings (SSSR count). The second kappa shape index (κ2) is 8.41. The summed E-state index contributed by atoms with van der Waals surface area (Å²) in [7, 11) is 1.34. The number of benzene rings is 1. The van der Waals surface area contributed by atoms with Gasteiger partial charge in [0.2, 0.25) is 0 Å². The van der Waals surface area contributed by atoms with Crippen molar-refractivity contribution in [1.29, 1.82) is 0 Å². The highest BCUT2D eigenvalue weighted by molar-refractivity contribution is 5.85. The molecule has 26 heavy (non-hydrogen) atoms. The zero-order chi connectivity index (χ0) is 18.0. The Labute approximate surface area is 157 Å². The Bertz CT molecular complexity index is 712. The SMILES string of the molecule is CCc1ccc(C2CNCCN2Cc2cnn(C)c2C(F)(F)F)cc1.Cl. The zero-order valence-corrected chi connectivity index (χ0v) is 15.7. The molecule has 1 N–H and O–H groups in total. The molecule has 144 valence electrons. The summed E-state index contributed by atoms with van der Waals surface area (Å²) in [6, 6.07) is 8.40. The fourth-order valence-electron chi connectivity index (χ4n) is 3.42. The van der Waals surface area contributed by atoms with Crippen molar-refractivity contribution in [3.63, 3.8) is 0 Å². The molecule has 1 aliphatic rings. The van der Waals surface area contributed by atoms with Gasteiger partial charge >= 0.3 is 6.18 Å². The lowest BCUT2D eigenvalue weighted by atomic mass is 10.00. The number of aromatic nitrogens is 2. The van der Waals surface area contributed by atoms with Crippen LogP contribution in [-0.2, 0) is 26.2 Å². The van der Waals surface area contributed by atoms with Gasteiger partial charge in [-0.15, -0.1) is 12.4 Å². The third-order valence-electron chi connectivity index (χ3n) is 4.78. The van der Waals surface area contributed by atoms with Crippen LogP contribution in [-0.4, -0.2) is 34.3 Å². The summed E-state index contributed by atoms with van der Waals surface area (Å²) in [5.74, 6) is 0. The van der Waals surface area contributed by atoms with Gasteiger partial charge in [0.25, 0.3) is 0 Å². The highest BCUT2D eigenvalue weighted by Gasteiger charge is 2.38. The number of piperazine rings is 1. The van der Waals surface area contributed by atoms with Crippen molar-refractivity contribution >= 4 is 12.4 Å². The van der Waals surface area contributed by atoms with Crippen molar-refractivity contribution in [3.05, 3.63) is 52.8 Å². The van der Waals surface area contributed by atoms with E-state index in [1.165, 1.54) is 18.8 Å². The summed E-state index contributed by atoms with van der Waals surface area (Å²) in [6.07, 6.45) is -2.09. The molecule has 0 radical (unpaired) electrons. The number of alkyl halides is 3. The van der Waals surface area contributed by atoms with E-state index in [-0.39, 0.29) is 30.6 Å². The number of halogens is 4. The average Bonchev–Trinajstić information content (AvgIpc) is 2.96. The van der Waals surface area contributed by atoms with E-state index in [4.69, 9.17) is 0 Å². The number of rotatable bonds is 4. The highest BCUT2D eigenvalue weighted by atomic mass is 35.5. The number of nitrogens with one attached hydrogen (secondary N) is 1.